The van der Waals surface area contributed by atoms with E-state index in [2.05, 4.69) is 39.3 Å². The Balaban J connectivity index is 1.31. The number of hydrogen-bond donors (Lipinski definition) is 2. The van der Waals surface area contributed by atoms with Crippen molar-refractivity contribution in [2.45, 2.75) is 31.7 Å². The molecule has 3 fully saturated rings. The van der Waals surface area contributed by atoms with Gasteiger partial charge in [-0.25, -0.2) is 9.78 Å². The van der Waals surface area contributed by atoms with Crippen LogP contribution < -0.4 is 15.6 Å². The van der Waals surface area contributed by atoms with Crippen LogP contribution in [0.3, 0.4) is 0 Å². The van der Waals surface area contributed by atoms with E-state index in [-0.39, 0.29) is 17.0 Å². The highest BCUT2D eigenvalue weighted by Gasteiger charge is 2.41. The molecule has 3 heterocycles. The van der Waals surface area contributed by atoms with Crippen molar-refractivity contribution in [1.82, 2.24) is 19.4 Å². The molecule has 1 aliphatic heterocycles. The van der Waals surface area contributed by atoms with Crippen LogP contribution in [0.1, 0.15) is 42.1 Å². The zero-order chi connectivity index (χ0) is 24.1. The fraction of sp³-hybridized carbons (Fsp3) is 0.462. The van der Waals surface area contributed by atoms with E-state index >= 15 is 0 Å². The van der Waals surface area contributed by atoms with Gasteiger partial charge in [0, 0.05) is 56.0 Å². The van der Waals surface area contributed by atoms with Crippen LogP contribution in [-0.2, 0) is 0 Å². The summed E-state index contributed by atoms with van der Waals surface area (Å²) in [6, 6.07) is 8.38. The molecular formula is C26H30N6O3. The van der Waals surface area contributed by atoms with Crippen LogP contribution in [0.2, 0.25) is 0 Å². The number of nitrogens with one attached hydrogen (secondary N) is 1. The number of carbonyl (C=O) groups is 1. The van der Waals surface area contributed by atoms with Crippen LogP contribution in [0.25, 0.3) is 11.0 Å². The number of likely N-dealkylation sites (N-methyl/N-ethyl adjacent to an activating group) is 1. The molecule has 3 aliphatic rings. The van der Waals surface area contributed by atoms with Crippen LogP contribution >= 0.6 is 0 Å². The van der Waals surface area contributed by atoms with Crippen molar-refractivity contribution in [1.29, 1.82) is 0 Å². The lowest BCUT2D eigenvalue weighted by atomic mass is 9.94. The van der Waals surface area contributed by atoms with Gasteiger partial charge in [-0.2, -0.15) is 4.98 Å². The summed E-state index contributed by atoms with van der Waals surface area (Å²) in [6.45, 7) is 4.13. The number of fused-ring (bicyclic) bond motifs is 3. The van der Waals surface area contributed by atoms with Gasteiger partial charge in [0.1, 0.15) is 11.2 Å². The molecule has 3 aromatic rings. The SMILES string of the molecule is CN1CCN(c2ccc(Nc3ncc4c(=O)c(C(=O)O)cn(C5CC6CCC5C6)c4n3)cc2)CC1. The summed E-state index contributed by atoms with van der Waals surface area (Å²) >= 11 is 0. The summed E-state index contributed by atoms with van der Waals surface area (Å²) in [5.41, 5.74) is 1.80. The maximum absolute atomic E-state index is 12.9. The average Bonchev–Trinajstić information content (AvgIpc) is 3.49. The Morgan fingerprint density at radius 1 is 1.09 bits per heavy atom. The van der Waals surface area contributed by atoms with Crippen LogP contribution in [0.15, 0.2) is 41.5 Å². The molecule has 0 amide bonds. The molecule has 2 aromatic heterocycles. The van der Waals surface area contributed by atoms with Gasteiger partial charge in [0.15, 0.2) is 0 Å². The van der Waals surface area contributed by atoms with Gasteiger partial charge in [0.05, 0.1) is 5.39 Å². The number of nitrogens with zero attached hydrogens (tertiary/aromatic N) is 5. The van der Waals surface area contributed by atoms with Crippen LogP contribution in [0.5, 0.6) is 0 Å². The normalized spacial score (nSPS) is 24.3. The minimum absolute atomic E-state index is 0.167. The third-order valence-electron chi connectivity index (χ3n) is 8.05. The maximum atomic E-state index is 12.9. The second-order valence-corrected chi connectivity index (χ2v) is 10.2. The van der Waals surface area contributed by atoms with Crippen molar-refractivity contribution in [3.63, 3.8) is 0 Å². The second-order valence-electron chi connectivity index (χ2n) is 10.2. The average molecular weight is 475 g/mol. The lowest BCUT2D eigenvalue weighted by Crippen LogP contribution is -2.44. The fourth-order valence-corrected chi connectivity index (χ4v) is 6.10. The van der Waals surface area contributed by atoms with E-state index in [0.717, 1.165) is 51.1 Å². The van der Waals surface area contributed by atoms with Crippen molar-refractivity contribution >= 4 is 34.3 Å². The Bertz CT molecular complexity index is 1330. The quantitative estimate of drug-likeness (QED) is 0.580. The highest BCUT2D eigenvalue weighted by Crippen LogP contribution is 2.51. The van der Waals surface area contributed by atoms with Crippen molar-refractivity contribution < 1.29 is 9.90 Å². The van der Waals surface area contributed by atoms with E-state index in [1.54, 1.807) is 0 Å². The number of aromatic carboxylic acids is 1. The minimum atomic E-state index is -1.21. The lowest BCUT2D eigenvalue weighted by molar-refractivity contribution is 0.0694. The standard InChI is InChI=1S/C26H30N6O3/c1-30-8-10-31(11-9-30)19-6-4-18(5-7-19)28-26-27-14-20-23(33)21(25(34)35)15-32(24(20)29-26)22-13-16-2-3-17(22)12-16/h4-7,14-17,22H,2-3,8-13H2,1H3,(H,34,35)(H,27,28,29). The van der Waals surface area contributed by atoms with Gasteiger partial charge >= 0.3 is 5.97 Å². The molecular weight excluding hydrogens is 444 g/mol. The van der Waals surface area contributed by atoms with Crippen LogP contribution in [0, 0.1) is 11.8 Å². The summed E-state index contributed by atoms with van der Waals surface area (Å²) in [5, 5.41) is 13.1. The molecule has 9 heteroatoms. The van der Waals surface area contributed by atoms with Gasteiger partial charge in [0.25, 0.3) is 0 Å². The number of anilines is 3. The van der Waals surface area contributed by atoms with E-state index in [9.17, 15) is 14.7 Å². The van der Waals surface area contributed by atoms with Gasteiger partial charge in [-0.3, -0.25) is 4.79 Å². The third kappa shape index (κ3) is 4.03. The summed E-state index contributed by atoms with van der Waals surface area (Å²) in [5.74, 6) is 0.354. The Labute approximate surface area is 203 Å². The van der Waals surface area contributed by atoms with Crippen LogP contribution in [-0.4, -0.2) is 63.7 Å². The largest absolute Gasteiger partial charge is 0.477 e. The highest BCUT2D eigenvalue weighted by molar-refractivity contribution is 5.91. The van der Waals surface area contributed by atoms with Gasteiger partial charge in [-0.15, -0.1) is 0 Å². The number of piperazine rings is 1. The number of carboxylic acids is 1. The molecule has 1 saturated heterocycles. The van der Waals surface area contributed by atoms with Crippen molar-refractivity contribution in [2.75, 3.05) is 43.4 Å². The second kappa shape index (κ2) is 8.64. The summed E-state index contributed by atoms with van der Waals surface area (Å²) < 4.78 is 1.94. The predicted molar refractivity (Wildman–Crippen MR) is 135 cm³/mol. The molecule has 2 bridgehead atoms. The zero-order valence-electron chi connectivity index (χ0n) is 19.9. The number of aromatic nitrogens is 3. The number of rotatable bonds is 5. The predicted octanol–water partition coefficient (Wildman–Crippen LogP) is 3.35. The molecule has 3 atom stereocenters. The summed E-state index contributed by atoms with van der Waals surface area (Å²) in [6.07, 6.45) is 7.50. The Hall–Kier alpha value is -3.46. The van der Waals surface area contributed by atoms with Crippen molar-refractivity contribution in [3.8, 4) is 0 Å². The Morgan fingerprint density at radius 3 is 2.51 bits per heavy atom. The van der Waals surface area contributed by atoms with Crippen molar-refractivity contribution in [2.24, 2.45) is 11.8 Å². The first-order valence-electron chi connectivity index (χ1n) is 12.4. The summed E-state index contributed by atoms with van der Waals surface area (Å²) in [7, 11) is 2.15. The van der Waals surface area contributed by atoms with E-state index in [4.69, 9.17) is 4.98 Å². The molecule has 3 unspecified atom stereocenters. The summed E-state index contributed by atoms with van der Waals surface area (Å²) in [4.78, 5) is 38.4. The number of hydrogen-bond acceptors (Lipinski definition) is 7. The number of benzene rings is 1. The van der Waals surface area contributed by atoms with E-state index in [0.29, 0.717) is 23.4 Å². The first-order chi connectivity index (χ1) is 17.0. The molecule has 2 N–H and O–H groups in total. The molecule has 0 spiro atoms. The fourth-order valence-electron chi connectivity index (χ4n) is 6.10. The monoisotopic (exact) mass is 474 g/mol. The number of pyridine rings is 1. The van der Waals surface area contributed by atoms with Gasteiger partial charge < -0.3 is 24.8 Å². The third-order valence-corrected chi connectivity index (χ3v) is 8.05. The van der Waals surface area contributed by atoms with E-state index < -0.39 is 11.4 Å². The lowest BCUT2D eigenvalue weighted by Gasteiger charge is -2.34. The Kier molecular flexibility index (Phi) is 5.44. The molecule has 182 valence electrons. The first kappa shape index (κ1) is 22.0. The molecule has 1 aromatic carbocycles. The van der Waals surface area contributed by atoms with Gasteiger partial charge in [-0.05, 0) is 62.4 Å². The maximum Gasteiger partial charge on any atom is 0.341 e. The van der Waals surface area contributed by atoms with E-state index in [1.165, 1.54) is 24.5 Å². The minimum Gasteiger partial charge on any atom is -0.477 e. The van der Waals surface area contributed by atoms with Gasteiger partial charge in [0.2, 0.25) is 11.4 Å². The molecule has 0 radical (unpaired) electrons. The van der Waals surface area contributed by atoms with Gasteiger partial charge in [-0.1, -0.05) is 6.42 Å². The van der Waals surface area contributed by atoms with Crippen molar-refractivity contribution in [3.05, 3.63) is 52.4 Å². The number of carboxylic acid groups (broad SMARTS) is 1. The molecule has 35 heavy (non-hydrogen) atoms. The zero-order valence-corrected chi connectivity index (χ0v) is 19.9. The molecule has 6 rings (SSSR count). The molecule has 2 saturated carbocycles. The molecule has 9 nitrogen and oxygen atoms in total. The molecule has 2 aliphatic carbocycles. The highest BCUT2D eigenvalue weighted by atomic mass is 16.4. The van der Waals surface area contributed by atoms with E-state index in [1.807, 2.05) is 16.7 Å². The first-order valence-corrected chi connectivity index (χ1v) is 12.4. The Morgan fingerprint density at radius 2 is 1.86 bits per heavy atom. The van der Waals surface area contributed by atoms with Crippen LogP contribution in [0.4, 0.5) is 17.3 Å². The topological polar surface area (TPSA) is 104 Å². The smallest absolute Gasteiger partial charge is 0.341 e.